The van der Waals surface area contributed by atoms with E-state index in [1.165, 1.54) is 12.5 Å². The van der Waals surface area contributed by atoms with E-state index >= 15 is 0 Å². The SMILES string of the molecule is CC(=O)N(CC(=O)NCCC(C)C)Cc1ccc(C)cc1. The summed E-state index contributed by atoms with van der Waals surface area (Å²) in [5.74, 6) is 0.370. The summed E-state index contributed by atoms with van der Waals surface area (Å²) in [6.07, 6.45) is 0.948. The zero-order valence-electron chi connectivity index (χ0n) is 13.5. The number of hydrogen-bond donors (Lipinski definition) is 1. The topological polar surface area (TPSA) is 49.4 Å². The second-order valence-corrected chi connectivity index (χ2v) is 5.89. The van der Waals surface area contributed by atoms with Gasteiger partial charge in [-0.1, -0.05) is 43.7 Å². The number of nitrogens with one attached hydrogen (secondary N) is 1. The van der Waals surface area contributed by atoms with Gasteiger partial charge in [0, 0.05) is 20.0 Å². The summed E-state index contributed by atoms with van der Waals surface area (Å²) >= 11 is 0. The molecule has 0 spiro atoms. The summed E-state index contributed by atoms with van der Waals surface area (Å²) in [5, 5.41) is 2.86. The predicted octanol–water partition coefficient (Wildman–Crippen LogP) is 2.51. The van der Waals surface area contributed by atoms with Gasteiger partial charge < -0.3 is 10.2 Å². The van der Waals surface area contributed by atoms with Gasteiger partial charge in [0.15, 0.2) is 0 Å². The van der Waals surface area contributed by atoms with Crippen LogP contribution >= 0.6 is 0 Å². The highest BCUT2D eigenvalue weighted by Gasteiger charge is 2.13. The Kier molecular flexibility index (Phi) is 6.92. The number of nitrogens with zero attached hydrogens (tertiary/aromatic N) is 1. The molecular weight excluding hydrogens is 264 g/mol. The number of carbonyl (C=O) groups is 2. The highest BCUT2D eigenvalue weighted by molar-refractivity contribution is 5.83. The average Bonchev–Trinajstić information content (AvgIpc) is 2.40. The smallest absolute Gasteiger partial charge is 0.239 e. The summed E-state index contributed by atoms with van der Waals surface area (Å²) in [4.78, 5) is 25.1. The van der Waals surface area contributed by atoms with Crippen LogP contribution in [0.5, 0.6) is 0 Å². The molecule has 0 heterocycles. The third-order valence-corrected chi connectivity index (χ3v) is 3.32. The van der Waals surface area contributed by atoms with Gasteiger partial charge in [-0.2, -0.15) is 0 Å². The fourth-order valence-electron chi connectivity index (χ4n) is 1.92. The first-order valence-electron chi connectivity index (χ1n) is 7.46. The van der Waals surface area contributed by atoms with Crippen molar-refractivity contribution in [2.75, 3.05) is 13.1 Å². The fourth-order valence-corrected chi connectivity index (χ4v) is 1.92. The quantitative estimate of drug-likeness (QED) is 0.839. The Bertz CT molecular complexity index is 466. The molecule has 1 aromatic rings. The van der Waals surface area contributed by atoms with E-state index in [0.29, 0.717) is 19.0 Å². The number of benzene rings is 1. The lowest BCUT2D eigenvalue weighted by Crippen LogP contribution is -2.39. The molecule has 21 heavy (non-hydrogen) atoms. The van der Waals surface area contributed by atoms with Crippen molar-refractivity contribution in [2.24, 2.45) is 5.92 Å². The lowest BCUT2D eigenvalue weighted by Gasteiger charge is -2.21. The van der Waals surface area contributed by atoms with Crippen LogP contribution in [0.1, 0.15) is 38.3 Å². The van der Waals surface area contributed by atoms with E-state index in [1.54, 1.807) is 4.90 Å². The molecule has 0 aliphatic carbocycles. The molecule has 4 nitrogen and oxygen atoms in total. The minimum Gasteiger partial charge on any atom is -0.355 e. The Morgan fingerprint density at radius 1 is 1.19 bits per heavy atom. The Morgan fingerprint density at radius 3 is 2.33 bits per heavy atom. The third kappa shape index (κ3) is 6.93. The molecule has 0 aromatic heterocycles. The van der Waals surface area contributed by atoms with Crippen molar-refractivity contribution in [3.63, 3.8) is 0 Å². The molecule has 116 valence electrons. The molecular formula is C17H26N2O2. The zero-order chi connectivity index (χ0) is 15.8. The zero-order valence-corrected chi connectivity index (χ0v) is 13.5. The standard InChI is InChI=1S/C17H26N2O2/c1-13(2)9-10-18-17(21)12-19(15(4)20)11-16-7-5-14(3)6-8-16/h5-8,13H,9-12H2,1-4H3,(H,18,21). The summed E-state index contributed by atoms with van der Waals surface area (Å²) in [5.41, 5.74) is 2.21. The van der Waals surface area contributed by atoms with Crippen LogP contribution in [0.15, 0.2) is 24.3 Å². The van der Waals surface area contributed by atoms with Crippen molar-refractivity contribution in [2.45, 2.75) is 40.7 Å². The largest absolute Gasteiger partial charge is 0.355 e. The van der Waals surface area contributed by atoms with Gasteiger partial charge in [0.2, 0.25) is 11.8 Å². The molecule has 2 amide bonds. The van der Waals surface area contributed by atoms with Gasteiger partial charge in [-0.05, 0) is 24.8 Å². The second-order valence-electron chi connectivity index (χ2n) is 5.89. The van der Waals surface area contributed by atoms with Crippen molar-refractivity contribution in [3.05, 3.63) is 35.4 Å². The van der Waals surface area contributed by atoms with Crippen LogP contribution in [-0.2, 0) is 16.1 Å². The van der Waals surface area contributed by atoms with Gasteiger partial charge >= 0.3 is 0 Å². The average molecular weight is 290 g/mol. The summed E-state index contributed by atoms with van der Waals surface area (Å²) in [6, 6.07) is 8.00. The van der Waals surface area contributed by atoms with Crippen molar-refractivity contribution >= 4 is 11.8 Å². The summed E-state index contributed by atoms with van der Waals surface area (Å²) in [7, 11) is 0. The van der Waals surface area contributed by atoms with Gasteiger partial charge in [-0.25, -0.2) is 0 Å². The molecule has 4 heteroatoms. The van der Waals surface area contributed by atoms with Crippen molar-refractivity contribution < 1.29 is 9.59 Å². The van der Waals surface area contributed by atoms with E-state index in [4.69, 9.17) is 0 Å². The first-order chi connectivity index (χ1) is 9.88. The molecule has 0 radical (unpaired) electrons. The van der Waals surface area contributed by atoms with Gasteiger partial charge in [0.1, 0.15) is 0 Å². The van der Waals surface area contributed by atoms with Crippen molar-refractivity contribution in [3.8, 4) is 0 Å². The number of hydrogen-bond acceptors (Lipinski definition) is 2. The molecule has 0 fully saturated rings. The van der Waals surface area contributed by atoms with E-state index in [1.807, 2.05) is 31.2 Å². The summed E-state index contributed by atoms with van der Waals surface area (Å²) in [6.45, 7) is 8.99. The first-order valence-corrected chi connectivity index (χ1v) is 7.46. The molecule has 0 saturated heterocycles. The van der Waals surface area contributed by atoms with E-state index in [-0.39, 0.29) is 18.4 Å². The van der Waals surface area contributed by atoms with Crippen LogP contribution in [0.25, 0.3) is 0 Å². The normalized spacial score (nSPS) is 10.5. The Hall–Kier alpha value is -1.84. The number of amides is 2. The molecule has 1 N–H and O–H groups in total. The molecule has 0 atom stereocenters. The number of aryl methyl sites for hydroxylation is 1. The maximum Gasteiger partial charge on any atom is 0.239 e. The van der Waals surface area contributed by atoms with Crippen LogP contribution in [0.3, 0.4) is 0 Å². The van der Waals surface area contributed by atoms with Crippen LogP contribution in [0.2, 0.25) is 0 Å². The highest BCUT2D eigenvalue weighted by atomic mass is 16.2. The van der Waals surface area contributed by atoms with E-state index in [0.717, 1.165) is 12.0 Å². The van der Waals surface area contributed by atoms with Crippen LogP contribution in [0, 0.1) is 12.8 Å². The monoisotopic (exact) mass is 290 g/mol. The highest BCUT2D eigenvalue weighted by Crippen LogP contribution is 2.07. The van der Waals surface area contributed by atoms with Crippen molar-refractivity contribution in [1.29, 1.82) is 0 Å². The third-order valence-electron chi connectivity index (χ3n) is 3.32. The van der Waals surface area contributed by atoms with Crippen molar-refractivity contribution in [1.82, 2.24) is 10.2 Å². The molecule has 0 aliphatic heterocycles. The number of rotatable bonds is 7. The lowest BCUT2D eigenvalue weighted by molar-refractivity contribution is -0.134. The maximum atomic E-state index is 11.9. The van der Waals surface area contributed by atoms with E-state index in [9.17, 15) is 9.59 Å². The van der Waals surface area contributed by atoms with E-state index in [2.05, 4.69) is 19.2 Å². The molecule has 1 aromatic carbocycles. The molecule has 1 rings (SSSR count). The first kappa shape index (κ1) is 17.2. The van der Waals surface area contributed by atoms with Gasteiger partial charge in [0.25, 0.3) is 0 Å². The molecule has 0 bridgehead atoms. The Morgan fingerprint density at radius 2 is 1.81 bits per heavy atom. The Balaban J connectivity index is 2.51. The minimum absolute atomic E-state index is 0.0883. The predicted molar refractivity (Wildman–Crippen MR) is 84.7 cm³/mol. The minimum atomic E-state index is -0.0991. The van der Waals surface area contributed by atoms with Crippen LogP contribution in [-0.4, -0.2) is 29.8 Å². The van der Waals surface area contributed by atoms with Gasteiger partial charge in [-0.15, -0.1) is 0 Å². The maximum absolute atomic E-state index is 11.9. The molecule has 0 aliphatic rings. The van der Waals surface area contributed by atoms with Crippen LogP contribution in [0.4, 0.5) is 0 Å². The Labute approximate surface area is 127 Å². The van der Waals surface area contributed by atoms with E-state index < -0.39 is 0 Å². The summed E-state index contributed by atoms with van der Waals surface area (Å²) < 4.78 is 0. The van der Waals surface area contributed by atoms with Crippen LogP contribution < -0.4 is 5.32 Å². The van der Waals surface area contributed by atoms with Gasteiger partial charge in [-0.3, -0.25) is 9.59 Å². The fraction of sp³-hybridized carbons (Fsp3) is 0.529. The molecule has 0 unspecified atom stereocenters. The number of carbonyl (C=O) groups excluding carboxylic acids is 2. The second kappa shape index (κ2) is 8.45. The lowest BCUT2D eigenvalue weighted by atomic mass is 10.1. The molecule has 0 saturated carbocycles. The van der Waals surface area contributed by atoms with Gasteiger partial charge in [0.05, 0.1) is 6.54 Å².